The van der Waals surface area contributed by atoms with E-state index >= 15 is 0 Å². The van der Waals surface area contributed by atoms with Crippen LogP contribution in [0.15, 0.2) is 0 Å². The number of rotatable bonds is 8. The smallest absolute Gasteiger partial charge is 0.252 e. The highest BCUT2D eigenvalue weighted by atomic mass is 16.7. The lowest BCUT2D eigenvalue weighted by Crippen LogP contribution is -2.56. The van der Waals surface area contributed by atoms with Gasteiger partial charge >= 0.3 is 0 Å². The molecule has 1 aliphatic heterocycles. The summed E-state index contributed by atoms with van der Waals surface area (Å²) in [7, 11) is 0. The minimum Gasteiger partial charge on any atom is -0.396 e. The van der Waals surface area contributed by atoms with E-state index in [1.165, 1.54) is 4.90 Å². The number of nitrogens with zero attached hydrogens (tertiary/aromatic N) is 3. The number of guanidine groups is 1. The molecule has 1 fully saturated rings. The van der Waals surface area contributed by atoms with Crippen LogP contribution in [0.3, 0.4) is 0 Å². The van der Waals surface area contributed by atoms with Gasteiger partial charge < -0.3 is 21.5 Å². The zero-order valence-corrected chi connectivity index (χ0v) is 13.4. The first kappa shape index (κ1) is 19.6. The van der Waals surface area contributed by atoms with E-state index in [0.29, 0.717) is 38.3 Å². The average molecular weight is 344 g/mol. The van der Waals surface area contributed by atoms with Crippen LogP contribution < -0.4 is 11.5 Å². The summed E-state index contributed by atoms with van der Waals surface area (Å²) in [5.41, 5.74) is 10.3. The molecule has 24 heavy (non-hydrogen) atoms. The van der Waals surface area contributed by atoms with Gasteiger partial charge in [0, 0.05) is 26.1 Å². The van der Waals surface area contributed by atoms with Gasteiger partial charge in [-0.05, 0) is 36.6 Å². The molecule has 0 spiro atoms. The van der Waals surface area contributed by atoms with E-state index in [1.54, 1.807) is 0 Å². The van der Waals surface area contributed by atoms with Crippen LogP contribution in [0.2, 0.25) is 0 Å². The quantitative estimate of drug-likeness (QED) is 0.181. The summed E-state index contributed by atoms with van der Waals surface area (Å²) < 4.78 is 0. The Bertz CT molecular complexity index is 477. The van der Waals surface area contributed by atoms with Gasteiger partial charge in [0.25, 0.3) is 11.9 Å². The number of likely N-dealkylation sites (tertiary alicyclic amines) is 1. The van der Waals surface area contributed by atoms with Crippen molar-refractivity contribution in [2.75, 3.05) is 19.7 Å². The number of aliphatic hydroxyl groups excluding tert-OH is 1. The second-order valence-corrected chi connectivity index (χ2v) is 5.77. The fraction of sp³-hybridized carbons (Fsp3) is 0.769. The Labute approximate surface area is 139 Å². The lowest BCUT2D eigenvalue weighted by molar-refractivity contribution is -0.635. The molecule has 1 rings (SSSR count). The highest BCUT2D eigenvalue weighted by Crippen LogP contribution is 2.22. The molecule has 11 heteroatoms. The van der Waals surface area contributed by atoms with Gasteiger partial charge in [-0.2, -0.15) is 0 Å². The molecule has 1 unspecified atom stereocenters. The van der Waals surface area contributed by atoms with Gasteiger partial charge in [-0.25, -0.2) is 10.1 Å². The molecule has 2 amide bonds. The summed E-state index contributed by atoms with van der Waals surface area (Å²) in [6.45, 7) is 0.888. The Morgan fingerprint density at radius 2 is 1.96 bits per heavy atom. The van der Waals surface area contributed by atoms with Crippen molar-refractivity contribution in [2.24, 2.45) is 17.4 Å². The number of amides is 2. The van der Waals surface area contributed by atoms with Crippen LogP contribution in [0, 0.1) is 21.4 Å². The van der Waals surface area contributed by atoms with Crippen molar-refractivity contribution >= 4 is 17.8 Å². The van der Waals surface area contributed by atoms with Crippen LogP contribution in [0.1, 0.15) is 32.1 Å². The van der Waals surface area contributed by atoms with Crippen molar-refractivity contribution in [3.05, 3.63) is 10.1 Å². The van der Waals surface area contributed by atoms with E-state index in [0.717, 1.165) is 0 Å². The number of carbonyl (C=O) groups is 2. The fourth-order valence-electron chi connectivity index (χ4n) is 2.83. The maximum atomic E-state index is 12.7. The third kappa shape index (κ3) is 5.33. The second-order valence-electron chi connectivity index (χ2n) is 5.77. The van der Waals surface area contributed by atoms with E-state index in [-0.39, 0.29) is 24.5 Å². The van der Waals surface area contributed by atoms with E-state index in [4.69, 9.17) is 22.0 Å². The van der Waals surface area contributed by atoms with E-state index in [9.17, 15) is 19.7 Å². The van der Waals surface area contributed by atoms with Gasteiger partial charge in [0.05, 0.1) is 0 Å². The Balaban J connectivity index is 2.85. The normalized spacial score (nSPS) is 16.5. The van der Waals surface area contributed by atoms with Gasteiger partial charge in [0.2, 0.25) is 5.91 Å². The SMILES string of the molecule is N=C(N)N(C(CCC(N)=O)C(=O)N1CCC(CCO)CC1)[N+](=O)[O-]. The molecule has 0 radical (unpaired) electrons. The lowest BCUT2D eigenvalue weighted by atomic mass is 9.93. The van der Waals surface area contributed by atoms with E-state index in [1.807, 2.05) is 0 Å². The minimum atomic E-state index is -1.35. The number of hydrazine groups is 1. The average Bonchev–Trinajstić information content (AvgIpc) is 2.50. The number of carbonyl (C=O) groups excluding carboxylic acids is 2. The minimum absolute atomic E-state index is 0.0826. The number of hydrogen-bond acceptors (Lipinski definition) is 6. The van der Waals surface area contributed by atoms with Gasteiger partial charge in [0.1, 0.15) is 0 Å². The van der Waals surface area contributed by atoms with Crippen molar-refractivity contribution in [1.29, 1.82) is 5.41 Å². The maximum absolute atomic E-state index is 12.7. The summed E-state index contributed by atoms with van der Waals surface area (Å²) >= 11 is 0. The molecule has 0 aromatic heterocycles. The molecule has 1 aliphatic rings. The molecule has 0 saturated carbocycles. The molecule has 1 saturated heterocycles. The van der Waals surface area contributed by atoms with E-state index in [2.05, 4.69) is 0 Å². The molecule has 1 heterocycles. The first-order valence-corrected chi connectivity index (χ1v) is 7.73. The van der Waals surface area contributed by atoms with Crippen molar-refractivity contribution in [3.63, 3.8) is 0 Å². The number of piperidine rings is 1. The molecular formula is C13H24N6O5. The number of hydrogen-bond donors (Lipinski definition) is 4. The predicted molar refractivity (Wildman–Crippen MR) is 84.0 cm³/mol. The largest absolute Gasteiger partial charge is 0.396 e. The molecule has 6 N–H and O–H groups in total. The topological polar surface area (TPSA) is 180 Å². The molecule has 0 bridgehead atoms. The number of aliphatic hydroxyl groups is 1. The first-order chi connectivity index (χ1) is 11.3. The van der Waals surface area contributed by atoms with E-state index < -0.39 is 28.8 Å². The van der Waals surface area contributed by atoms with Gasteiger partial charge in [-0.1, -0.05) is 0 Å². The van der Waals surface area contributed by atoms with Crippen LogP contribution in [-0.4, -0.2) is 63.6 Å². The van der Waals surface area contributed by atoms with Crippen LogP contribution in [0.4, 0.5) is 0 Å². The first-order valence-electron chi connectivity index (χ1n) is 7.73. The van der Waals surface area contributed by atoms with Crippen molar-refractivity contribution in [2.45, 2.75) is 38.1 Å². The standard InChI is InChI=1S/C13H24N6O5/c14-11(21)2-1-10(18(13(15)16)19(23)24)12(22)17-6-3-9(4-7-17)5-8-20/h9-10,20H,1-8H2,(H2,14,21)(H3,15,16). The molecular weight excluding hydrogens is 320 g/mol. The molecule has 0 aromatic carbocycles. The highest BCUT2D eigenvalue weighted by molar-refractivity contribution is 5.87. The van der Waals surface area contributed by atoms with Crippen LogP contribution in [0.25, 0.3) is 0 Å². The molecule has 1 atom stereocenters. The Morgan fingerprint density at radius 3 is 2.38 bits per heavy atom. The Morgan fingerprint density at radius 1 is 1.38 bits per heavy atom. The predicted octanol–water partition coefficient (Wildman–Crippen LogP) is -1.37. The van der Waals surface area contributed by atoms with Gasteiger partial charge in [-0.15, -0.1) is 0 Å². The third-order valence-corrected chi connectivity index (χ3v) is 4.13. The van der Waals surface area contributed by atoms with Crippen LogP contribution >= 0.6 is 0 Å². The molecule has 136 valence electrons. The van der Waals surface area contributed by atoms with Crippen molar-refractivity contribution in [3.8, 4) is 0 Å². The maximum Gasteiger partial charge on any atom is 0.252 e. The molecule has 0 aliphatic carbocycles. The molecule has 11 nitrogen and oxygen atoms in total. The lowest BCUT2D eigenvalue weighted by Gasteiger charge is -2.34. The van der Waals surface area contributed by atoms with Crippen LogP contribution in [0.5, 0.6) is 0 Å². The summed E-state index contributed by atoms with van der Waals surface area (Å²) in [6, 6.07) is -1.35. The van der Waals surface area contributed by atoms with Crippen molar-refractivity contribution in [1.82, 2.24) is 9.91 Å². The number of nitrogens with one attached hydrogen (secondary N) is 1. The van der Waals surface area contributed by atoms with Crippen LogP contribution in [-0.2, 0) is 9.59 Å². The highest BCUT2D eigenvalue weighted by Gasteiger charge is 2.39. The molecule has 0 aromatic rings. The van der Waals surface area contributed by atoms with Gasteiger partial charge in [-0.3, -0.25) is 15.0 Å². The van der Waals surface area contributed by atoms with Crippen molar-refractivity contribution < 1.29 is 19.7 Å². The number of primary amides is 1. The third-order valence-electron chi connectivity index (χ3n) is 4.13. The fourth-order valence-corrected chi connectivity index (χ4v) is 2.83. The summed E-state index contributed by atoms with van der Waals surface area (Å²) in [6.07, 6.45) is 1.61. The Kier molecular flexibility index (Phi) is 7.36. The zero-order valence-electron chi connectivity index (χ0n) is 13.4. The number of nitrogens with two attached hydrogens (primary N) is 2. The number of nitro groups is 1. The van der Waals surface area contributed by atoms with Gasteiger partial charge in [0.15, 0.2) is 11.1 Å². The zero-order chi connectivity index (χ0) is 18.3. The summed E-state index contributed by atoms with van der Waals surface area (Å²) in [5, 5.41) is 26.8. The Hall–Kier alpha value is -2.43. The summed E-state index contributed by atoms with van der Waals surface area (Å²) in [5.74, 6) is -1.81. The second kappa shape index (κ2) is 9.01. The monoisotopic (exact) mass is 344 g/mol. The summed E-state index contributed by atoms with van der Waals surface area (Å²) in [4.78, 5) is 36.3.